The first-order valence-electron chi connectivity index (χ1n) is 10.7. The van der Waals surface area contributed by atoms with Gasteiger partial charge in [0, 0.05) is 5.56 Å². The van der Waals surface area contributed by atoms with E-state index in [1.54, 1.807) is 19.1 Å². The van der Waals surface area contributed by atoms with Gasteiger partial charge < -0.3 is 9.16 Å². The van der Waals surface area contributed by atoms with Crippen LogP contribution < -0.4 is 4.74 Å². The molecule has 0 aliphatic rings. The number of nitrogens with zero attached hydrogens (tertiary/aromatic N) is 2. The third-order valence-electron chi connectivity index (χ3n) is 5.56. The van der Waals surface area contributed by atoms with Crippen molar-refractivity contribution >= 4 is 31.5 Å². The van der Waals surface area contributed by atoms with Crippen molar-refractivity contribution in [2.24, 2.45) is 5.41 Å². The van der Waals surface area contributed by atoms with Gasteiger partial charge in [-0.3, -0.25) is 0 Å². The molecule has 0 aliphatic heterocycles. The number of aromatic nitrogens is 2. The zero-order valence-corrected chi connectivity index (χ0v) is 23.0. The lowest BCUT2D eigenvalue weighted by atomic mass is 9.89. The van der Waals surface area contributed by atoms with Gasteiger partial charge in [-0.05, 0) is 55.1 Å². The molecule has 0 aliphatic carbocycles. The number of hydrogen-bond donors (Lipinski definition) is 0. The normalized spacial score (nSPS) is 13.9. The monoisotopic (exact) mass is 499 g/mol. The number of rotatable bonds is 7. The first-order valence-corrected chi connectivity index (χ1v) is 14.3. The molecule has 1 aromatic carbocycles. The molecule has 1 radical (unpaired) electrons. The molecular weight excluding hydrogens is 466 g/mol. The smallest absolute Gasteiger partial charge is 0.192 e. The molecule has 1 heterocycles. The minimum absolute atomic E-state index is 0.0480. The van der Waals surface area contributed by atoms with Gasteiger partial charge in [0.25, 0.3) is 0 Å². The van der Waals surface area contributed by atoms with Crippen molar-refractivity contribution < 1.29 is 13.6 Å². The Morgan fingerprint density at radius 2 is 1.62 bits per heavy atom. The SMILES string of the molecule is Cc1c(Cl)nc(-c2cc(OC[C@@H]([CH]C(C)(C)C)O[Si](C)(C)C(C)(C)C)ccc2F)nc1Cl. The number of hydrogen-bond acceptors (Lipinski definition) is 4. The van der Waals surface area contributed by atoms with Gasteiger partial charge in [-0.1, -0.05) is 64.7 Å². The highest BCUT2D eigenvalue weighted by atomic mass is 35.5. The molecule has 177 valence electrons. The summed E-state index contributed by atoms with van der Waals surface area (Å²) in [5, 5.41) is 0.447. The summed E-state index contributed by atoms with van der Waals surface area (Å²) in [4.78, 5) is 8.35. The van der Waals surface area contributed by atoms with Crippen molar-refractivity contribution in [1.82, 2.24) is 9.97 Å². The van der Waals surface area contributed by atoms with Crippen LogP contribution in [0.2, 0.25) is 28.4 Å². The summed E-state index contributed by atoms with van der Waals surface area (Å²) in [5.41, 5.74) is 0.675. The summed E-state index contributed by atoms with van der Waals surface area (Å²) in [7, 11) is -2.02. The van der Waals surface area contributed by atoms with Crippen LogP contribution in [-0.4, -0.2) is 31.0 Å². The van der Waals surface area contributed by atoms with Gasteiger partial charge in [-0.15, -0.1) is 0 Å². The highest BCUT2D eigenvalue weighted by molar-refractivity contribution is 6.74. The van der Waals surface area contributed by atoms with Crippen LogP contribution in [-0.2, 0) is 4.43 Å². The molecule has 0 bridgehead atoms. The van der Waals surface area contributed by atoms with Crippen molar-refractivity contribution in [3.05, 3.63) is 46.3 Å². The highest BCUT2D eigenvalue weighted by Crippen LogP contribution is 2.38. The largest absolute Gasteiger partial charge is 0.491 e. The molecule has 0 N–H and O–H groups in total. The van der Waals surface area contributed by atoms with E-state index in [4.69, 9.17) is 32.4 Å². The summed E-state index contributed by atoms with van der Waals surface area (Å²) in [6.45, 7) is 19.5. The molecule has 1 aromatic heterocycles. The topological polar surface area (TPSA) is 44.2 Å². The van der Waals surface area contributed by atoms with Crippen LogP contribution in [0.1, 0.15) is 47.1 Å². The van der Waals surface area contributed by atoms with Crippen LogP contribution in [0.5, 0.6) is 5.75 Å². The van der Waals surface area contributed by atoms with E-state index in [0.29, 0.717) is 17.9 Å². The van der Waals surface area contributed by atoms with Crippen molar-refractivity contribution in [2.45, 2.75) is 72.7 Å². The molecule has 8 heteroatoms. The second kappa shape index (κ2) is 9.96. The molecule has 2 aromatic rings. The maximum absolute atomic E-state index is 14.5. The zero-order valence-electron chi connectivity index (χ0n) is 20.4. The summed E-state index contributed by atoms with van der Waals surface area (Å²) in [6.07, 6.45) is 1.96. The van der Waals surface area contributed by atoms with E-state index in [-0.39, 0.29) is 38.3 Å². The minimum Gasteiger partial charge on any atom is -0.491 e. The van der Waals surface area contributed by atoms with E-state index in [1.165, 1.54) is 6.07 Å². The van der Waals surface area contributed by atoms with Crippen LogP contribution in [0.15, 0.2) is 18.2 Å². The van der Waals surface area contributed by atoms with Crippen molar-refractivity contribution in [3.8, 4) is 17.1 Å². The standard InChI is InChI=1S/C24H34Cl2FN2O2Si/c1-15-20(25)28-22(29-21(15)26)18-12-16(10-11-19(18)27)30-14-17(13-23(2,3)4)31-32(8,9)24(5,6)7/h10-13,17H,14H2,1-9H3/t17-/m1/s1. The molecular formula is C24H34Cl2FN2O2Si. The molecule has 0 saturated carbocycles. The van der Waals surface area contributed by atoms with Crippen LogP contribution in [0.25, 0.3) is 11.4 Å². The predicted octanol–water partition coefficient (Wildman–Crippen LogP) is 7.92. The number of benzene rings is 1. The average Bonchev–Trinajstić information content (AvgIpc) is 2.62. The van der Waals surface area contributed by atoms with E-state index < -0.39 is 14.1 Å². The second-order valence-corrected chi connectivity index (χ2v) is 16.1. The Morgan fingerprint density at radius 3 is 2.12 bits per heavy atom. The van der Waals surface area contributed by atoms with Gasteiger partial charge >= 0.3 is 0 Å². The van der Waals surface area contributed by atoms with Crippen LogP contribution in [0, 0.1) is 24.6 Å². The Balaban J connectivity index is 2.27. The number of halogens is 3. The van der Waals surface area contributed by atoms with Gasteiger partial charge in [0.15, 0.2) is 14.1 Å². The quantitative estimate of drug-likeness (QED) is 0.286. The maximum Gasteiger partial charge on any atom is 0.192 e. The molecule has 32 heavy (non-hydrogen) atoms. The van der Waals surface area contributed by atoms with Gasteiger partial charge in [0.05, 0.1) is 11.7 Å². The molecule has 4 nitrogen and oxygen atoms in total. The fraction of sp³-hybridized carbons (Fsp3) is 0.542. The van der Waals surface area contributed by atoms with E-state index in [1.807, 2.05) is 0 Å². The van der Waals surface area contributed by atoms with Crippen LogP contribution in [0.4, 0.5) is 4.39 Å². The lowest BCUT2D eigenvalue weighted by Gasteiger charge is -2.40. The predicted molar refractivity (Wildman–Crippen MR) is 134 cm³/mol. The van der Waals surface area contributed by atoms with E-state index in [0.717, 1.165) is 0 Å². The lowest BCUT2D eigenvalue weighted by molar-refractivity contribution is 0.121. The van der Waals surface area contributed by atoms with Gasteiger partial charge in [0.1, 0.15) is 28.5 Å². The molecule has 2 rings (SSSR count). The van der Waals surface area contributed by atoms with Gasteiger partial charge in [-0.2, -0.15) is 0 Å². The summed E-state index contributed by atoms with van der Waals surface area (Å²) < 4.78 is 27.2. The Bertz CT molecular complexity index is 933. The maximum atomic E-state index is 14.5. The fourth-order valence-corrected chi connectivity index (χ4v) is 4.39. The molecule has 0 saturated heterocycles. The van der Waals surface area contributed by atoms with Crippen molar-refractivity contribution in [1.29, 1.82) is 0 Å². The van der Waals surface area contributed by atoms with Gasteiger partial charge in [-0.25, -0.2) is 14.4 Å². The Kier molecular flexibility index (Phi) is 8.41. The molecule has 0 unspecified atom stereocenters. The molecule has 1 atom stereocenters. The van der Waals surface area contributed by atoms with E-state index in [9.17, 15) is 4.39 Å². The summed E-state index contributed by atoms with van der Waals surface area (Å²) in [5.74, 6) is 0.122. The molecule has 0 amide bonds. The molecule has 0 fully saturated rings. The van der Waals surface area contributed by atoms with Crippen LogP contribution in [0.3, 0.4) is 0 Å². The van der Waals surface area contributed by atoms with Crippen molar-refractivity contribution in [3.63, 3.8) is 0 Å². The van der Waals surface area contributed by atoms with E-state index in [2.05, 4.69) is 71.0 Å². The third-order valence-corrected chi connectivity index (χ3v) is 10.8. The first-order chi connectivity index (χ1) is 14.5. The second-order valence-electron chi connectivity index (χ2n) is 10.7. The Hall–Kier alpha value is -1.21. The lowest BCUT2D eigenvalue weighted by Crippen LogP contribution is -2.46. The third kappa shape index (κ3) is 7.14. The fourth-order valence-electron chi connectivity index (χ4n) is 2.76. The van der Waals surface area contributed by atoms with Crippen LogP contribution >= 0.6 is 23.2 Å². The Morgan fingerprint density at radius 1 is 1.06 bits per heavy atom. The zero-order chi connectivity index (χ0) is 24.5. The summed E-state index contributed by atoms with van der Waals surface area (Å²) >= 11 is 12.2. The Labute approximate surface area is 203 Å². The highest BCUT2D eigenvalue weighted by Gasteiger charge is 2.40. The average molecular weight is 501 g/mol. The van der Waals surface area contributed by atoms with Gasteiger partial charge in [0.2, 0.25) is 0 Å². The van der Waals surface area contributed by atoms with Crippen molar-refractivity contribution in [2.75, 3.05) is 6.61 Å². The minimum atomic E-state index is -2.02. The van der Waals surface area contributed by atoms with E-state index >= 15 is 0 Å². The number of ether oxygens (including phenoxy) is 1. The summed E-state index contributed by atoms with van der Waals surface area (Å²) in [6, 6.07) is 4.47. The molecule has 0 spiro atoms. The first kappa shape index (κ1) is 27.0.